The Morgan fingerprint density at radius 2 is 1.38 bits per heavy atom. The van der Waals surface area contributed by atoms with Gasteiger partial charge in [0, 0.05) is 50.1 Å². The fraction of sp³-hybridized carbons (Fsp3) is 0.269. The largest absolute Gasteiger partial charge is 0.497 e. The molecule has 32 heavy (non-hydrogen) atoms. The number of carbonyl (C=O) groups is 1. The number of methoxy groups -OCH3 is 2. The summed E-state index contributed by atoms with van der Waals surface area (Å²) < 4.78 is 16.3. The highest BCUT2D eigenvalue weighted by atomic mass is 16.6. The van der Waals surface area contributed by atoms with Crippen LogP contribution in [0.4, 0.5) is 10.5 Å². The predicted octanol–water partition coefficient (Wildman–Crippen LogP) is 4.83. The van der Waals surface area contributed by atoms with Crippen LogP contribution in [0.5, 0.6) is 11.5 Å². The predicted molar refractivity (Wildman–Crippen MR) is 125 cm³/mol. The van der Waals surface area contributed by atoms with Crippen LogP contribution in [0.25, 0.3) is 11.1 Å². The molecule has 1 amide bonds. The van der Waals surface area contributed by atoms with Crippen molar-refractivity contribution in [1.29, 1.82) is 0 Å². The highest BCUT2D eigenvalue weighted by Crippen LogP contribution is 2.29. The van der Waals surface area contributed by atoms with Crippen LogP contribution in [0.15, 0.2) is 72.8 Å². The Balaban J connectivity index is 1.29. The molecule has 166 valence electrons. The van der Waals surface area contributed by atoms with Crippen molar-refractivity contribution in [2.75, 3.05) is 45.3 Å². The molecule has 0 atom stereocenters. The van der Waals surface area contributed by atoms with Gasteiger partial charge in [0.1, 0.15) is 18.1 Å². The van der Waals surface area contributed by atoms with Gasteiger partial charge in [0.05, 0.1) is 14.2 Å². The molecule has 1 aliphatic heterocycles. The summed E-state index contributed by atoms with van der Waals surface area (Å²) in [4.78, 5) is 16.5. The first kappa shape index (κ1) is 21.6. The van der Waals surface area contributed by atoms with Crippen LogP contribution in [0.3, 0.4) is 0 Å². The summed E-state index contributed by atoms with van der Waals surface area (Å²) in [6.45, 7) is 2.91. The number of piperazine rings is 1. The Morgan fingerprint density at radius 1 is 0.781 bits per heavy atom. The van der Waals surface area contributed by atoms with E-state index in [9.17, 15) is 4.79 Å². The zero-order valence-corrected chi connectivity index (χ0v) is 18.5. The van der Waals surface area contributed by atoms with E-state index in [0.717, 1.165) is 41.4 Å². The van der Waals surface area contributed by atoms with Crippen molar-refractivity contribution in [3.8, 4) is 22.6 Å². The fourth-order valence-corrected chi connectivity index (χ4v) is 3.78. The molecular weight excluding hydrogens is 404 g/mol. The van der Waals surface area contributed by atoms with E-state index >= 15 is 0 Å². The second kappa shape index (κ2) is 10.1. The van der Waals surface area contributed by atoms with E-state index in [-0.39, 0.29) is 12.7 Å². The zero-order chi connectivity index (χ0) is 22.3. The Kier molecular flexibility index (Phi) is 6.80. The van der Waals surface area contributed by atoms with Gasteiger partial charge in [0.2, 0.25) is 0 Å². The van der Waals surface area contributed by atoms with Gasteiger partial charge in [-0.1, -0.05) is 54.6 Å². The molecule has 0 aromatic heterocycles. The molecule has 6 heteroatoms. The first-order valence-corrected chi connectivity index (χ1v) is 10.7. The zero-order valence-electron chi connectivity index (χ0n) is 18.5. The first-order chi connectivity index (χ1) is 15.7. The Hall–Kier alpha value is -3.67. The summed E-state index contributed by atoms with van der Waals surface area (Å²) in [7, 11) is 3.28. The van der Waals surface area contributed by atoms with E-state index in [1.165, 1.54) is 5.56 Å². The molecule has 0 aliphatic carbocycles. The van der Waals surface area contributed by atoms with Crippen molar-refractivity contribution in [2.45, 2.75) is 6.61 Å². The van der Waals surface area contributed by atoms with Gasteiger partial charge in [-0.3, -0.25) is 0 Å². The van der Waals surface area contributed by atoms with Gasteiger partial charge >= 0.3 is 6.09 Å². The topological polar surface area (TPSA) is 51.2 Å². The summed E-state index contributed by atoms with van der Waals surface area (Å²) >= 11 is 0. The van der Waals surface area contributed by atoms with Gasteiger partial charge < -0.3 is 24.0 Å². The van der Waals surface area contributed by atoms with Crippen molar-refractivity contribution in [3.63, 3.8) is 0 Å². The second-order valence-electron chi connectivity index (χ2n) is 7.66. The van der Waals surface area contributed by atoms with Crippen molar-refractivity contribution in [2.24, 2.45) is 0 Å². The Labute approximate surface area is 188 Å². The number of benzene rings is 3. The molecular formula is C26H28N2O4. The Bertz CT molecular complexity index is 1010. The fourth-order valence-electron chi connectivity index (χ4n) is 3.78. The maximum Gasteiger partial charge on any atom is 0.410 e. The second-order valence-corrected chi connectivity index (χ2v) is 7.66. The molecule has 0 bridgehead atoms. The molecule has 0 unspecified atom stereocenters. The molecule has 1 saturated heterocycles. The quantitative estimate of drug-likeness (QED) is 0.558. The lowest BCUT2D eigenvalue weighted by molar-refractivity contribution is 0.0942. The number of amides is 1. The highest BCUT2D eigenvalue weighted by Gasteiger charge is 2.23. The molecule has 1 aliphatic rings. The van der Waals surface area contributed by atoms with E-state index < -0.39 is 0 Å². The first-order valence-electron chi connectivity index (χ1n) is 10.7. The van der Waals surface area contributed by atoms with Gasteiger partial charge in [-0.05, 0) is 16.7 Å². The number of hydrogen-bond acceptors (Lipinski definition) is 5. The Morgan fingerprint density at radius 3 is 1.97 bits per heavy atom. The number of hydrogen-bond donors (Lipinski definition) is 0. The number of carbonyl (C=O) groups excluding carboxylic acids is 1. The lowest BCUT2D eigenvalue weighted by atomic mass is 10.0. The minimum absolute atomic E-state index is 0.265. The number of anilines is 1. The minimum atomic E-state index is -0.278. The molecule has 4 rings (SSSR count). The van der Waals surface area contributed by atoms with Crippen molar-refractivity contribution < 1.29 is 19.0 Å². The summed E-state index contributed by atoms with van der Waals surface area (Å²) in [6, 6.07) is 24.1. The molecule has 6 nitrogen and oxygen atoms in total. The van der Waals surface area contributed by atoms with Crippen molar-refractivity contribution >= 4 is 11.8 Å². The molecule has 0 radical (unpaired) electrons. The van der Waals surface area contributed by atoms with E-state index in [1.54, 1.807) is 19.1 Å². The number of ether oxygens (including phenoxy) is 3. The molecule has 0 saturated carbocycles. The van der Waals surface area contributed by atoms with Gasteiger partial charge in [-0.2, -0.15) is 0 Å². The monoisotopic (exact) mass is 432 g/mol. The van der Waals surface area contributed by atoms with Gasteiger partial charge in [0.15, 0.2) is 0 Å². The smallest absolute Gasteiger partial charge is 0.410 e. The lowest BCUT2D eigenvalue weighted by Crippen LogP contribution is -2.48. The third-order valence-electron chi connectivity index (χ3n) is 5.66. The maximum atomic E-state index is 12.5. The van der Waals surface area contributed by atoms with Crippen LogP contribution in [-0.4, -0.2) is 51.4 Å². The van der Waals surface area contributed by atoms with Gasteiger partial charge in [0.25, 0.3) is 0 Å². The number of nitrogens with zero attached hydrogens (tertiary/aromatic N) is 2. The van der Waals surface area contributed by atoms with E-state index in [2.05, 4.69) is 29.2 Å². The average Bonchev–Trinajstić information content (AvgIpc) is 2.87. The summed E-state index contributed by atoms with van der Waals surface area (Å²) in [5.41, 5.74) is 4.31. The van der Waals surface area contributed by atoms with E-state index in [1.807, 2.05) is 48.5 Å². The highest BCUT2D eigenvalue weighted by molar-refractivity contribution is 5.68. The molecule has 0 N–H and O–H groups in total. The van der Waals surface area contributed by atoms with Crippen LogP contribution < -0.4 is 14.4 Å². The molecule has 1 fully saturated rings. The van der Waals surface area contributed by atoms with Crippen molar-refractivity contribution in [3.05, 3.63) is 78.4 Å². The normalized spacial score (nSPS) is 13.6. The standard InChI is InChI=1S/C26H28N2O4/c1-30-24-16-23(17-25(18-24)31-2)27-12-14-28(15-13-27)26(29)32-19-20-8-10-22(11-9-20)21-6-4-3-5-7-21/h3-11,16-18H,12-15,19H2,1-2H3. The van der Waals surface area contributed by atoms with Crippen LogP contribution in [0.2, 0.25) is 0 Å². The van der Waals surface area contributed by atoms with E-state index in [4.69, 9.17) is 14.2 Å². The van der Waals surface area contributed by atoms with Crippen LogP contribution in [-0.2, 0) is 11.3 Å². The average molecular weight is 433 g/mol. The third-order valence-corrected chi connectivity index (χ3v) is 5.66. The molecule has 3 aromatic rings. The van der Waals surface area contributed by atoms with Gasteiger partial charge in [-0.25, -0.2) is 4.79 Å². The number of rotatable bonds is 6. The van der Waals surface area contributed by atoms with E-state index in [0.29, 0.717) is 13.1 Å². The van der Waals surface area contributed by atoms with Crippen LogP contribution in [0, 0.1) is 0 Å². The SMILES string of the molecule is COc1cc(OC)cc(N2CCN(C(=O)OCc3ccc(-c4ccccc4)cc3)CC2)c1. The summed E-state index contributed by atoms with van der Waals surface area (Å²) in [6.07, 6.45) is -0.278. The maximum absolute atomic E-state index is 12.5. The third kappa shape index (κ3) is 5.14. The van der Waals surface area contributed by atoms with Gasteiger partial charge in [-0.15, -0.1) is 0 Å². The van der Waals surface area contributed by atoms with Crippen molar-refractivity contribution in [1.82, 2.24) is 4.90 Å². The minimum Gasteiger partial charge on any atom is -0.497 e. The summed E-state index contributed by atoms with van der Waals surface area (Å²) in [5.74, 6) is 1.50. The molecule has 1 heterocycles. The summed E-state index contributed by atoms with van der Waals surface area (Å²) in [5, 5.41) is 0. The lowest BCUT2D eigenvalue weighted by Gasteiger charge is -2.35. The van der Waals surface area contributed by atoms with Crippen LogP contribution in [0.1, 0.15) is 5.56 Å². The molecule has 0 spiro atoms. The van der Waals surface area contributed by atoms with Crippen LogP contribution >= 0.6 is 0 Å². The molecule has 3 aromatic carbocycles.